The Labute approximate surface area is 171 Å². The highest BCUT2D eigenvalue weighted by Gasteiger charge is 2.28. The summed E-state index contributed by atoms with van der Waals surface area (Å²) >= 11 is 0. The molecule has 0 spiro atoms. The fourth-order valence-electron chi connectivity index (χ4n) is 3.31. The highest BCUT2D eigenvalue weighted by Crippen LogP contribution is 2.36. The van der Waals surface area contributed by atoms with E-state index in [0.717, 1.165) is 19.3 Å². The molecule has 0 aromatic heterocycles. The van der Waals surface area contributed by atoms with E-state index >= 15 is 0 Å². The number of phosphoric acid groups is 1. The van der Waals surface area contributed by atoms with Crippen LogP contribution in [0.15, 0.2) is 12.2 Å². The number of unbranched alkanes of at least 4 members (excludes halogenated alkanes) is 11. The predicted octanol–water partition coefficient (Wildman–Crippen LogP) is 5.87. The molecule has 1 unspecified atom stereocenters. The van der Waals surface area contributed by atoms with E-state index in [0.29, 0.717) is 6.61 Å². The van der Waals surface area contributed by atoms with E-state index in [1.54, 1.807) is 0 Å². The van der Waals surface area contributed by atoms with Gasteiger partial charge in [-0.05, 0) is 38.5 Å². The maximum absolute atomic E-state index is 10.7. The Morgan fingerprint density at radius 1 is 0.929 bits per heavy atom. The van der Waals surface area contributed by atoms with Crippen LogP contribution in [0.1, 0.15) is 96.8 Å². The van der Waals surface area contributed by atoms with Crippen molar-refractivity contribution < 1.29 is 28.3 Å². The molecule has 1 aliphatic heterocycles. The van der Waals surface area contributed by atoms with E-state index < -0.39 is 7.82 Å². The van der Waals surface area contributed by atoms with Gasteiger partial charge in [-0.2, -0.15) is 0 Å². The minimum absolute atomic E-state index is 0.132. The number of hydrogen-bond donors (Lipinski definition) is 2. The lowest BCUT2D eigenvalue weighted by atomic mass is 10.1. The third kappa shape index (κ3) is 15.7. The third-order valence-corrected chi connectivity index (χ3v) is 5.43. The maximum atomic E-state index is 10.7. The molecule has 1 aliphatic rings. The first-order valence-corrected chi connectivity index (χ1v) is 12.7. The monoisotopic (exact) mass is 420 g/mol. The zero-order valence-electron chi connectivity index (χ0n) is 17.6. The van der Waals surface area contributed by atoms with E-state index in [2.05, 4.69) is 23.6 Å². The minimum Gasteiger partial charge on any atom is -0.350 e. The minimum atomic E-state index is -4.43. The molecule has 1 saturated heterocycles. The molecule has 7 heteroatoms. The average molecular weight is 421 g/mol. The highest BCUT2D eigenvalue weighted by molar-refractivity contribution is 7.46. The summed E-state index contributed by atoms with van der Waals surface area (Å²) in [5.74, 6) is 0. The van der Waals surface area contributed by atoms with E-state index in [1.807, 2.05) is 0 Å². The highest BCUT2D eigenvalue weighted by atomic mass is 31.2. The van der Waals surface area contributed by atoms with Crippen LogP contribution in [0.25, 0.3) is 0 Å². The van der Waals surface area contributed by atoms with Gasteiger partial charge in [0.25, 0.3) is 0 Å². The lowest BCUT2D eigenvalue weighted by molar-refractivity contribution is -0.0698. The Morgan fingerprint density at radius 3 is 2.11 bits per heavy atom. The fraction of sp³-hybridized carbons (Fsp3) is 0.905. The molecule has 2 N–H and O–H groups in total. The first-order valence-electron chi connectivity index (χ1n) is 11.1. The lowest BCUT2D eigenvalue weighted by Gasteiger charge is -2.12. The van der Waals surface area contributed by atoms with E-state index in [1.165, 1.54) is 70.6 Å². The van der Waals surface area contributed by atoms with E-state index in [9.17, 15) is 4.57 Å². The summed E-state index contributed by atoms with van der Waals surface area (Å²) in [5, 5.41) is 0. The van der Waals surface area contributed by atoms with Crippen LogP contribution >= 0.6 is 7.82 Å². The van der Waals surface area contributed by atoms with Crippen LogP contribution in [0.5, 0.6) is 0 Å². The van der Waals surface area contributed by atoms with Gasteiger partial charge in [-0.3, -0.25) is 4.52 Å². The SMILES string of the molecule is CCCCCCCCC=CCCCCCCC[C@H]1OCC(COP(=O)(O)O)O1. The van der Waals surface area contributed by atoms with Crippen molar-refractivity contribution in [2.75, 3.05) is 13.2 Å². The average Bonchev–Trinajstić information content (AvgIpc) is 3.10. The molecule has 1 fully saturated rings. The zero-order chi connectivity index (χ0) is 20.5. The molecule has 0 aromatic rings. The standard InChI is InChI=1S/C21H41O6P/c1-2-3-4-5-6-7-8-9-10-11-12-13-14-15-16-17-21-25-18-20(27-21)19-26-28(22,23)24/h9-10,20-21H,2-8,11-19H2,1H3,(H2,22,23,24)/t20?,21-/m0/s1. The topological polar surface area (TPSA) is 85.2 Å². The third-order valence-electron chi connectivity index (χ3n) is 4.94. The first-order chi connectivity index (χ1) is 13.5. The molecular formula is C21H41O6P. The van der Waals surface area contributed by atoms with Crippen molar-refractivity contribution in [1.82, 2.24) is 0 Å². The van der Waals surface area contributed by atoms with Crippen LogP contribution in [-0.4, -0.2) is 35.4 Å². The molecule has 0 bridgehead atoms. The number of hydrogen-bond acceptors (Lipinski definition) is 4. The van der Waals surface area contributed by atoms with E-state index in [4.69, 9.17) is 19.3 Å². The quantitative estimate of drug-likeness (QED) is 0.164. The molecule has 1 rings (SSSR count). The molecule has 2 atom stereocenters. The van der Waals surface area contributed by atoms with Crippen molar-refractivity contribution in [3.8, 4) is 0 Å². The second-order valence-electron chi connectivity index (χ2n) is 7.68. The Morgan fingerprint density at radius 2 is 1.50 bits per heavy atom. The van der Waals surface area contributed by atoms with Crippen molar-refractivity contribution in [2.24, 2.45) is 0 Å². The zero-order valence-corrected chi connectivity index (χ0v) is 18.5. The van der Waals surface area contributed by atoms with Gasteiger partial charge in [0.2, 0.25) is 0 Å². The summed E-state index contributed by atoms with van der Waals surface area (Å²) in [6.45, 7) is 2.45. The van der Waals surface area contributed by atoms with Crippen LogP contribution in [-0.2, 0) is 18.6 Å². The van der Waals surface area contributed by atoms with Crippen molar-refractivity contribution in [3.63, 3.8) is 0 Å². The van der Waals surface area contributed by atoms with Gasteiger partial charge in [-0.15, -0.1) is 0 Å². The second kappa shape index (κ2) is 16.6. The van der Waals surface area contributed by atoms with Gasteiger partial charge in [-0.1, -0.05) is 70.4 Å². The number of rotatable bonds is 18. The Balaban J connectivity index is 1.83. The van der Waals surface area contributed by atoms with Gasteiger partial charge in [0.1, 0.15) is 6.10 Å². The predicted molar refractivity (Wildman–Crippen MR) is 112 cm³/mol. The van der Waals surface area contributed by atoms with Gasteiger partial charge in [0, 0.05) is 0 Å². The second-order valence-corrected chi connectivity index (χ2v) is 8.92. The first kappa shape index (κ1) is 25.8. The molecule has 6 nitrogen and oxygen atoms in total. The molecule has 0 radical (unpaired) electrons. The van der Waals surface area contributed by atoms with Crippen LogP contribution in [0.2, 0.25) is 0 Å². The van der Waals surface area contributed by atoms with Crippen LogP contribution in [0, 0.1) is 0 Å². The molecule has 166 valence electrons. The number of phosphoric ester groups is 1. The molecule has 0 saturated carbocycles. The van der Waals surface area contributed by atoms with Gasteiger partial charge in [0.05, 0.1) is 13.2 Å². The summed E-state index contributed by atoms with van der Waals surface area (Å²) in [7, 11) is -4.43. The Hall–Kier alpha value is -0.230. The summed E-state index contributed by atoms with van der Waals surface area (Å²) in [5.41, 5.74) is 0. The maximum Gasteiger partial charge on any atom is 0.469 e. The Bertz CT molecular complexity index is 437. The van der Waals surface area contributed by atoms with Gasteiger partial charge < -0.3 is 19.3 Å². The number of ether oxygens (including phenoxy) is 2. The van der Waals surface area contributed by atoms with Crippen LogP contribution < -0.4 is 0 Å². The lowest BCUT2D eigenvalue weighted by Crippen LogP contribution is -2.18. The molecule has 1 heterocycles. The summed E-state index contributed by atoms with van der Waals surface area (Å²) in [4.78, 5) is 17.4. The Kier molecular flexibility index (Phi) is 15.3. The molecular weight excluding hydrogens is 379 g/mol. The summed E-state index contributed by atoms with van der Waals surface area (Å²) in [6.07, 6.45) is 21.4. The van der Waals surface area contributed by atoms with Gasteiger partial charge in [0.15, 0.2) is 6.29 Å². The fourth-order valence-corrected chi connectivity index (χ4v) is 3.67. The molecule has 0 aliphatic carbocycles. The largest absolute Gasteiger partial charge is 0.469 e. The summed E-state index contributed by atoms with van der Waals surface area (Å²) < 4.78 is 26.2. The smallest absolute Gasteiger partial charge is 0.350 e. The van der Waals surface area contributed by atoms with Gasteiger partial charge in [-0.25, -0.2) is 4.57 Å². The van der Waals surface area contributed by atoms with Crippen molar-refractivity contribution in [2.45, 2.75) is 109 Å². The molecule has 28 heavy (non-hydrogen) atoms. The van der Waals surface area contributed by atoms with Crippen LogP contribution in [0.3, 0.4) is 0 Å². The van der Waals surface area contributed by atoms with Crippen molar-refractivity contribution >= 4 is 7.82 Å². The molecule has 0 aromatic carbocycles. The summed E-state index contributed by atoms with van der Waals surface area (Å²) in [6, 6.07) is 0. The van der Waals surface area contributed by atoms with Crippen molar-refractivity contribution in [3.05, 3.63) is 12.2 Å². The van der Waals surface area contributed by atoms with Crippen LogP contribution in [0.4, 0.5) is 0 Å². The normalized spacial score (nSPS) is 20.4. The van der Waals surface area contributed by atoms with E-state index in [-0.39, 0.29) is 19.0 Å². The van der Waals surface area contributed by atoms with Gasteiger partial charge >= 0.3 is 7.82 Å². The molecule has 0 amide bonds. The number of allylic oxidation sites excluding steroid dienone is 2. The van der Waals surface area contributed by atoms with Crippen molar-refractivity contribution in [1.29, 1.82) is 0 Å².